The molecule has 1 N–H and O–H groups in total. The van der Waals surface area contributed by atoms with Crippen LogP contribution < -0.4 is 5.32 Å². The van der Waals surface area contributed by atoms with Gasteiger partial charge in [-0.2, -0.15) is 11.8 Å². The van der Waals surface area contributed by atoms with Crippen molar-refractivity contribution < 1.29 is 0 Å². The van der Waals surface area contributed by atoms with Crippen molar-refractivity contribution in [2.45, 2.75) is 39.3 Å². The van der Waals surface area contributed by atoms with Crippen molar-refractivity contribution >= 4 is 11.8 Å². The maximum absolute atomic E-state index is 4.13. The molecule has 1 aromatic heterocycles. The molecule has 1 heterocycles. The highest BCUT2D eigenvalue weighted by Crippen LogP contribution is 2.16. The second-order valence-corrected chi connectivity index (χ2v) is 4.75. The number of hydrogen-bond acceptors (Lipinski definition) is 4. The van der Waals surface area contributed by atoms with Gasteiger partial charge in [0.1, 0.15) is 0 Å². The third kappa shape index (κ3) is 3.79. The molecule has 0 radical (unpaired) electrons. The molecule has 0 bridgehead atoms. The molecular weight excluding hydrogens is 220 g/mol. The van der Waals surface area contributed by atoms with Crippen LogP contribution in [0, 0.1) is 0 Å². The summed E-state index contributed by atoms with van der Waals surface area (Å²) in [5.41, 5.74) is 1.21. The fraction of sp³-hybridized carbons (Fsp3) is 0.818. The highest BCUT2D eigenvalue weighted by Gasteiger charge is 2.15. The first kappa shape index (κ1) is 13.5. The van der Waals surface area contributed by atoms with Gasteiger partial charge in [-0.3, -0.25) is 0 Å². The van der Waals surface area contributed by atoms with E-state index in [1.54, 1.807) is 0 Å². The predicted octanol–water partition coefficient (Wildman–Crippen LogP) is 2.09. The van der Waals surface area contributed by atoms with Crippen LogP contribution >= 0.6 is 11.8 Å². The van der Waals surface area contributed by atoms with Crippen molar-refractivity contribution in [1.29, 1.82) is 0 Å². The minimum Gasteiger partial charge on any atom is -0.308 e. The Morgan fingerprint density at radius 2 is 2.25 bits per heavy atom. The molecule has 0 aromatic carbocycles. The molecule has 1 unspecified atom stereocenters. The summed E-state index contributed by atoms with van der Waals surface area (Å²) < 4.78 is 2.02. The fourth-order valence-corrected chi connectivity index (χ4v) is 2.28. The van der Waals surface area contributed by atoms with Crippen molar-refractivity contribution in [3.05, 3.63) is 11.9 Å². The third-order valence-electron chi connectivity index (χ3n) is 2.41. The Balaban J connectivity index is 2.70. The van der Waals surface area contributed by atoms with Crippen molar-refractivity contribution in [1.82, 2.24) is 20.3 Å². The Morgan fingerprint density at radius 1 is 1.44 bits per heavy atom. The molecule has 0 aliphatic heterocycles. The summed E-state index contributed by atoms with van der Waals surface area (Å²) in [6.45, 7) is 6.34. The second kappa shape index (κ2) is 7.68. The van der Waals surface area contributed by atoms with Crippen molar-refractivity contribution in [2.75, 3.05) is 18.6 Å². The van der Waals surface area contributed by atoms with Crippen LogP contribution in [0.5, 0.6) is 0 Å². The van der Waals surface area contributed by atoms with Gasteiger partial charge in [-0.05, 0) is 25.6 Å². The zero-order valence-electron chi connectivity index (χ0n) is 10.4. The minimum absolute atomic E-state index is 0.372. The maximum Gasteiger partial charge on any atom is 0.0764 e. The largest absolute Gasteiger partial charge is 0.308 e. The molecule has 0 saturated heterocycles. The lowest BCUT2D eigenvalue weighted by Crippen LogP contribution is -2.26. The molecule has 0 spiro atoms. The van der Waals surface area contributed by atoms with E-state index in [1.165, 1.54) is 5.69 Å². The van der Waals surface area contributed by atoms with Gasteiger partial charge in [0, 0.05) is 12.3 Å². The topological polar surface area (TPSA) is 42.7 Å². The van der Waals surface area contributed by atoms with E-state index in [4.69, 9.17) is 0 Å². The number of nitrogens with one attached hydrogen (secondary N) is 1. The molecule has 16 heavy (non-hydrogen) atoms. The molecule has 5 heteroatoms. The van der Waals surface area contributed by atoms with Gasteiger partial charge >= 0.3 is 0 Å². The van der Waals surface area contributed by atoms with Crippen LogP contribution in [0.2, 0.25) is 0 Å². The fourth-order valence-electron chi connectivity index (χ4n) is 1.66. The Labute approximate surface area is 102 Å². The van der Waals surface area contributed by atoms with Gasteiger partial charge in [-0.1, -0.05) is 19.1 Å². The molecule has 1 atom stereocenters. The molecule has 0 aliphatic carbocycles. The lowest BCUT2D eigenvalue weighted by Gasteiger charge is -2.18. The van der Waals surface area contributed by atoms with E-state index in [1.807, 2.05) is 22.6 Å². The van der Waals surface area contributed by atoms with Gasteiger partial charge in [0.2, 0.25) is 0 Å². The highest BCUT2D eigenvalue weighted by atomic mass is 32.2. The van der Waals surface area contributed by atoms with Crippen LogP contribution in [0.15, 0.2) is 6.20 Å². The number of hydrogen-bond donors (Lipinski definition) is 1. The van der Waals surface area contributed by atoms with E-state index in [0.29, 0.717) is 6.04 Å². The highest BCUT2D eigenvalue weighted by molar-refractivity contribution is 7.98. The van der Waals surface area contributed by atoms with Crippen molar-refractivity contribution in [3.63, 3.8) is 0 Å². The first-order valence-electron chi connectivity index (χ1n) is 5.94. The predicted molar refractivity (Wildman–Crippen MR) is 69.7 cm³/mol. The van der Waals surface area contributed by atoms with Crippen molar-refractivity contribution in [3.8, 4) is 0 Å². The van der Waals surface area contributed by atoms with E-state index in [0.717, 1.165) is 31.7 Å². The zero-order valence-corrected chi connectivity index (χ0v) is 11.3. The average molecular weight is 242 g/mol. The average Bonchev–Trinajstić information content (AvgIpc) is 2.73. The lowest BCUT2D eigenvalue weighted by atomic mass is 10.2. The normalized spacial score (nSPS) is 12.9. The van der Waals surface area contributed by atoms with Crippen LogP contribution in [0.4, 0.5) is 0 Å². The van der Waals surface area contributed by atoms with Crippen LogP contribution in [-0.4, -0.2) is 33.5 Å². The monoisotopic (exact) mass is 242 g/mol. The molecular formula is C11H22N4S. The van der Waals surface area contributed by atoms with Gasteiger partial charge < -0.3 is 5.32 Å². The third-order valence-corrected chi connectivity index (χ3v) is 3.08. The molecule has 0 saturated carbocycles. The standard InChI is InChI=1S/C11H22N4S/c1-4-6-12-10(9-16-3)11-8-13-14-15(11)7-5-2/h8,10,12H,4-7,9H2,1-3H3. The first-order chi connectivity index (χ1) is 7.83. The smallest absolute Gasteiger partial charge is 0.0764 e. The summed E-state index contributed by atoms with van der Waals surface area (Å²) in [7, 11) is 0. The second-order valence-electron chi connectivity index (χ2n) is 3.84. The van der Waals surface area contributed by atoms with E-state index < -0.39 is 0 Å². The van der Waals surface area contributed by atoms with Gasteiger partial charge in [0.25, 0.3) is 0 Å². The lowest BCUT2D eigenvalue weighted by molar-refractivity contribution is 0.493. The Bertz CT molecular complexity index is 287. The first-order valence-corrected chi connectivity index (χ1v) is 7.33. The van der Waals surface area contributed by atoms with Crippen LogP contribution in [0.1, 0.15) is 38.4 Å². The molecule has 4 nitrogen and oxygen atoms in total. The Kier molecular flexibility index (Phi) is 6.49. The summed E-state index contributed by atoms with van der Waals surface area (Å²) in [5, 5.41) is 11.7. The van der Waals surface area contributed by atoms with Gasteiger partial charge in [0.05, 0.1) is 17.9 Å². The summed E-state index contributed by atoms with van der Waals surface area (Å²) in [5.74, 6) is 1.07. The SMILES string of the molecule is CCCNC(CSC)c1cnnn1CCC. The summed E-state index contributed by atoms with van der Waals surface area (Å²) in [6, 6.07) is 0.372. The number of nitrogens with zero attached hydrogens (tertiary/aromatic N) is 3. The maximum atomic E-state index is 4.13. The van der Waals surface area contributed by atoms with Gasteiger partial charge in [-0.25, -0.2) is 4.68 Å². The number of thioether (sulfide) groups is 1. The Morgan fingerprint density at radius 3 is 2.88 bits per heavy atom. The molecule has 0 aliphatic rings. The van der Waals surface area contributed by atoms with E-state index >= 15 is 0 Å². The van der Waals surface area contributed by atoms with Crippen LogP contribution in [-0.2, 0) is 6.54 Å². The van der Waals surface area contributed by atoms with E-state index in [2.05, 4.69) is 35.7 Å². The summed E-state index contributed by atoms with van der Waals surface area (Å²) in [4.78, 5) is 0. The molecule has 0 amide bonds. The quantitative estimate of drug-likeness (QED) is 0.758. The van der Waals surface area contributed by atoms with Crippen molar-refractivity contribution in [2.24, 2.45) is 0 Å². The van der Waals surface area contributed by atoms with Crippen LogP contribution in [0.3, 0.4) is 0 Å². The van der Waals surface area contributed by atoms with E-state index in [-0.39, 0.29) is 0 Å². The zero-order chi connectivity index (χ0) is 11.8. The van der Waals surface area contributed by atoms with E-state index in [9.17, 15) is 0 Å². The summed E-state index contributed by atoms with van der Waals surface area (Å²) in [6.07, 6.45) is 6.27. The molecule has 1 rings (SSSR count). The number of aryl methyl sites for hydroxylation is 1. The van der Waals surface area contributed by atoms with Gasteiger partial charge in [-0.15, -0.1) is 5.10 Å². The van der Waals surface area contributed by atoms with Gasteiger partial charge in [0.15, 0.2) is 0 Å². The Hall–Kier alpha value is -0.550. The molecule has 0 fully saturated rings. The number of rotatable bonds is 8. The summed E-state index contributed by atoms with van der Waals surface area (Å²) >= 11 is 1.85. The minimum atomic E-state index is 0.372. The molecule has 1 aromatic rings. The molecule has 92 valence electrons. The van der Waals surface area contributed by atoms with Crippen LogP contribution in [0.25, 0.3) is 0 Å². The number of aromatic nitrogens is 3.